The lowest BCUT2D eigenvalue weighted by molar-refractivity contribution is -0.121. The number of nitrogens with one attached hydrogen (secondary N) is 2. The van der Waals surface area contributed by atoms with E-state index in [1.165, 1.54) is 12.8 Å². The summed E-state index contributed by atoms with van der Waals surface area (Å²) in [6.45, 7) is 3.62. The predicted octanol–water partition coefficient (Wildman–Crippen LogP) is 0.104. The molecule has 6 heteroatoms. The predicted molar refractivity (Wildman–Crippen MR) is 82.2 cm³/mol. The zero-order valence-electron chi connectivity index (χ0n) is 13.3. The fourth-order valence-electron chi connectivity index (χ4n) is 5.14. The van der Waals surface area contributed by atoms with E-state index in [1.807, 2.05) is 4.90 Å². The summed E-state index contributed by atoms with van der Waals surface area (Å²) in [6.07, 6.45) is 3.63. The van der Waals surface area contributed by atoms with Crippen LogP contribution in [-0.2, 0) is 4.79 Å². The van der Waals surface area contributed by atoms with Gasteiger partial charge in [0.2, 0.25) is 5.91 Å². The Kier molecular flexibility index (Phi) is 3.51. The van der Waals surface area contributed by atoms with E-state index in [0.29, 0.717) is 12.6 Å². The van der Waals surface area contributed by atoms with Crippen LogP contribution in [-0.4, -0.2) is 67.6 Å². The van der Waals surface area contributed by atoms with Crippen LogP contribution < -0.4 is 10.6 Å². The summed E-state index contributed by atoms with van der Waals surface area (Å²) in [6, 6.07) is 0.567. The fraction of sp³-hybridized carbons (Fsp3) is 0.875. The van der Waals surface area contributed by atoms with E-state index in [-0.39, 0.29) is 11.9 Å². The summed E-state index contributed by atoms with van der Waals surface area (Å²) < 4.78 is 0. The average Bonchev–Trinajstić information content (AvgIpc) is 2.77. The van der Waals surface area contributed by atoms with E-state index in [1.54, 1.807) is 7.05 Å². The summed E-state index contributed by atoms with van der Waals surface area (Å²) in [5.41, 5.74) is 0. The molecule has 22 heavy (non-hydrogen) atoms. The van der Waals surface area contributed by atoms with Crippen LogP contribution in [0.1, 0.15) is 19.3 Å². The van der Waals surface area contributed by atoms with Gasteiger partial charge in [-0.2, -0.15) is 0 Å². The molecule has 0 spiro atoms. The molecule has 0 aromatic rings. The van der Waals surface area contributed by atoms with Crippen molar-refractivity contribution in [2.75, 3.05) is 39.8 Å². The van der Waals surface area contributed by atoms with Gasteiger partial charge < -0.3 is 15.5 Å². The highest BCUT2D eigenvalue weighted by molar-refractivity contribution is 5.77. The molecule has 6 nitrogen and oxygen atoms in total. The Morgan fingerprint density at radius 2 is 1.86 bits per heavy atom. The lowest BCUT2D eigenvalue weighted by Gasteiger charge is -2.25. The van der Waals surface area contributed by atoms with Crippen molar-refractivity contribution in [3.63, 3.8) is 0 Å². The second kappa shape index (κ2) is 5.41. The van der Waals surface area contributed by atoms with Crippen LogP contribution in [0.2, 0.25) is 0 Å². The number of amides is 3. The van der Waals surface area contributed by atoms with Gasteiger partial charge in [-0.25, -0.2) is 4.79 Å². The second-order valence-electron chi connectivity index (χ2n) is 7.40. The Morgan fingerprint density at radius 1 is 1.09 bits per heavy atom. The van der Waals surface area contributed by atoms with Gasteiger partial charge in [-0.15, -0.1) is 0 Å². The molecular weight excluding hydrogens is 280 g/mol. The molecule has 5 aliphatic rings. The average molecular weight is 306 g/mol. The van der Waals surface area contributed by atoms with E-state index in [9.17, 15) is 9.59 Å². The quantitative estimate of drug-likeness (QED) is 0.777. The molecule has 1 saturated heterocycles. The number of hydrogen-bond acceptors (Lipinski definition) is 3. The number of carbonyl (C=O) groups is 2. The monoisotopic (exact) mass is 306 g/mol. The standard InChI is InChI=1S/C16H26N4O2/c1-17-13(21)9-19-3-2-4-20(6-5-19)16(22)18-15-10-7-11-12(8-10)14(11)15/h10-12,14-15H,2-9H2,1H3,(H,17,21)(H,18,22). The summed E-state index contributed by atoms with van der Waals surface area (Å²) in [7, 11) is 1.66. The van der Waals surface area contributed by atoms with Crippen LogP contribution in [0.3, 0.4) is 0 Å². The molecule has 0 aromatic carbocycles. The second-order valence-corrected chi connectivity index (χ2v) is 7.40. The first-order chi connectivity index (χ1) is 10.7. The summed E-state index contributed by atoms with van der Waals surface area (Å²) in [4.78, 5) is 28.1. The lowest BCUT2D eigenvalue weighted by atomic mass is 10.1. The summed E-state index contributed by atoms with van der Waals surface area (Å²) in [5.74, 6) is 3.46. The van der Waals surface area contributed by atoms with Crippen LogP contribution in [0, 0.1) is 23.7 Å². The SMILES string of the molecule is CNC(=O)CN1CCCN(C(=O)NC2C3CC4C(C3)C42)CC1. The molecule has 0 radical (unpaired) electrons. The van der Waals surface area contributed by atoms with Gasteiger partial charge in [0.1, 0.15) is 0 Å². The molecule has 122 valence electrons. The van der Waals surface area contributed by atoms with Crippen molar-refractivity contribution in [1.29, 1.82) is 0 Å². The first-order valence-electron chi connectivity index (χ1n) is 8.65. The van der Waals surface area contributed by atoms with Crippen LogP contribution in [0.4, 0.5) is 4.79 Å². The maximum atomic E-state index is 12.5. The number of urea groups is 1. The number of nitrogens with zero attached hydrogens (tertiary/aromatic N) is 2. The van der Waals surface area contributed by atoms with Crippen molar-refractivity contribution in [3.8, 4) is 0 Å². The van der Waals surface area contributed by atoms with Gasteiger partial charge in [0.15, 0.2) is 0 Å². The highest BCUT2D eigenvalue weighted by Gasteiger charge is 2.68. The zero-order valence-corrected chi connectivity index (χ0v) is 13.3. The number of likely N-dealkylation sites (N-methyl/N-ethyl adjacent to an activating group) is 1. The maximum absolute atomic E-state index is 12.5. The Morgan fingerprint density at radius 3 is 2.50 bits per heavy atom. The number of hydrogen-bond donors (Lipinski definition) is 2. The third kappa shape index (κ3) is 2.37. The van der Waals surface area contributed by atoms with Crippen molar-refractivity contribution in [2.24, 2.45) is 23.7 Å². The Labute approximate surface area is 131 Å². The van der Waals surface area contributed by atoms with Crippen molar-refractivity contribution >= 4 is 11.9 Å². The van der Waals surface area contributed by atoms with Crippen LogP contribution in [0.15, 0.2) is 0 Å². The van der Waals surface area contributed by atoms with Crippen LogP contribution in [0.5, 0.6) is 0 Å². The van der Waals surface area contributed by atoms with Gasteiger partial charge in [0.05, 0.1) is 6.54 Å². The molecule has 5 rings (SSSR count). The van der Waals surface area contributed by atoms with E-state index < -0.39 is 0 Å². The van der Waals surface area contributed by atoms with Crippen molar-refractivity contribution in [3.05, 3.63) is 0 Å². The minimum Gasteiger partial charge on any atom is -0.358 e. The molecule has 0 aromatic heterocycles. The Balaban J connectivity index is 1.28. The lowest BCUT2D eigenvalue weighted by Crippen LogP contribution is -2.47. The normalized spacial score (nSPS) is 39.5. The molecule has 2 N–H and O–H groups in total. The van der Waals surface area contributed by atoms with Gasteiger partial charge >= 0.3 is 6.03 Å². The first kappa shape index (κ1) is 14.3. The molecular formula is C16H26N4O2. The third-order valence-electron chi connectivity index (χ3n) is 6.28. The molecule has 3 atom stereocenters. The Bertz CT molecular complexity index is 469. The minimum atomic E-state index is 0.0448. The van der Waals surface area contributed by atoms with Gasteiger partial charge in [-0.3, -0.25) is 9.69 Å². The van der Waals surface area contributed by atoms with E-state index in [2.05, 4.69) is 15.5 Å². The minimum absolute atomic E-state index is 0.0448. The fourth-order valence-corrected chi connectivity index (χ4v) is 5.14. The van der Waals surface area contributed by atoms with Crippen molar-refractivity contribution in [1.82, 2.24) is 20.4 Å². The largest absolute Gasteiger partial charge is 0.358 e. The number of carbonyl (C=O) groups excluding carboxylic acids is 2. The van der Waals surface area contributed by atoms with Gasteiger partial charge in [-0.1, -0.05) is 0 Å². The van der Waals surface area contributed by atoms with Crippen LogP contribution in [0.25, 0.3) is 0 Å². The van der Waals surface area contributed by atoms with E-state index in [4.69, 9.17) is 0 Å². The highest BCUT2D eigenvalue weighted by Crippen LogP contribution is 2.70. The van der Waals surface area contributed by atoms with Crippen LogP contribution >= 0.6 is 0 Å². The van der Waals surface area contributed by atoms with Gasteiger partial charge in [0, 0.05) is 39.3 Å². The molecule has 1 heterocycles. The van der Waals surface area contributed by atoms with Crippen molar-refractivity contribution in [2.45, 2.75) is 25.3 Å². The summed E-state index contributed by atoms with van der Waals surface area (Å²) >= 11 is 0. The molecule has 3 amide bonds. The van der Waals surface area contributed by atoms with Gasteiger partial charge in [-0.05, 0) is 42.9 Å². The summed E-state index contributed by atoms with van der Waals surface area (Å²) in [5, 5.41) is 5.98. The smallest absolute Gasteiger partial charge is 0.317 e. The zero-order chi connectivity index (χ0) is 15.3. The third-order valence-corrected chi connectivity index (χ3v) is 6.28. The first-order valence-corrected chi connectivity index (χ1v) is 8.65. The Hall–Kier alpha value is -1.30. The molecule has 4 saturated carbocycles. The number of rotatable bonds is 3. The van der Waals surface area contributed by atoms with Crippen molar-refractivity contribution < 1.29 is 9.59 Å². The molecule has 1 aliphatic heterocycles. The maximum Gasteiger partial charge on any atom is 0.317 e. The molecule has 4 bridgehead atoms. The highest BCUT2D eigenvalue weighted by atomic mass is 16.2. The molecule has 5 fully saturated rings. The van der Waals surface area contributed by atoms with Gasteiger partial charge in [0.25, 0.3) is 0 Å². The molecule has 3 unspecified atom stereocenters. The molecule has 4 aliphatic carbocycles. The van der Waals surface area contributed by atoms with E-state index >= 15 is 0 Å². The topological polar surface area (TPSA) is 64.7 Å². The van der Waals surface area contributed by atoms with E-state index in [0.717, 1.165) is 56.3 Å².